The highest BCUT2D eigenvalue weighted by molar-refractivity contribution is 5.19. The van der Waals surface area contributed by atoms with E-state index in [1.54, 1.807) is 18.2 Å². The van der Waals surface area contributed by atoms with Crippen LogP contribution in [-0.4, -0.2) is 6.54 Å². The molecular weight excluding hydrogens is 172 g/mol. The predicted molar refractivity (Wildman–Crippen MR) is 46.4 cm³/mol. The van der Waals surface area contributed by atoms with Crippen LogP contribution in [0.3, 0.4) is 0 Å². The van der Waals surface area contributed by atoms with Gasteiger partial charge in [-0.25, -0.2) is 15.4 Å². The summed E-state index contributed by atoms with van der Waals surface area (Å²) in [7, 11) is 0. The molecule has 1 rings (SSSR count). The Morgan fingerprint density at radius 3 is 2.38 bits per heavy atom. The minimum Gasteiger partial charge on any atom is -0.317 e. The zero-order valence-electron chi connectivity index (χ0n) is 7.00. The van der Waals surface area contributed by atoms with Crippen LogP contribution in [0.1, 0.15) is 12.0 Å². The van der Waals surface area contributed by atoms with E-state index in [2.05, 4.69) is 4.85 Å². The van der Waals surface area contributed by atoms with E-state index >= 15 is 0 Å². The van der Waals surface area contributed by atoms with Gasteiger partial charge in [-0.15, -0.1) is 0 Å². The molecule has 0 saturated carbocycles. The maximum Gasteiger partial charge on any atom is 0.280 e. The first-order valence-electron chi connectivity index (χ1n) is 3.93. The molecule has 0 bridgehead atoms. The van der Waals surface area contributed by atoms with Crippen molar-refractivity contribution in [2.45, 2.75) is 12.3 Å². The van der Waals surface area contributed by atoms with E-state index in [1.165, 1.54) is 12.1 Å². The fourth-order valence-corrected chi connectivity index (χ4v) is 1.02. The number of benzene rings is 1. The number of halogens is 2. The van der Waals surface area contributed by atoms with Crippen molar-refractivity contribution in [3.05, 3.63) is 47.3 Å². The number of alkyl halides is 2. The van der Waals surface area contributed by atoms with E-state index in [0.29, 0.717) is 0 Å². The van der Waals surface area contributed by atoms with Crippen molar-refractivity contribution in [2.75, 3.05) is 6.54 Å². The molecule has 0 aromatic heterocycles. The van der Waals surface area contributed by atoms with E-state index < -0.39 is 12.3 Å². The molecule has 1 nitrogen and oxygen atoms in total. The summed E-state index contributed by atoms with van der Waals surface area (Å²) in [5.41, 5.74) is -0.0151. The molecule has 0 saturated heterocycles. The highest BCUT2D eigenvalue weighted by Crippen LogP contribution is 2.31. The highest BCUT2D eigenvalue weighted by atomic mass is 19.3. The lowest BCUT2D eigenvalue weighted by atomic mass is 10.1. The van der Waals surface area contributed by atoms with Crippen molar-refractivity contribution in [3.8, 4) is 0 Å². The van der Waals surface area contributed by atoms with Gasteiger partial charge in [-0.3, -0.25) is 0 Å². The summed E-state index contributed by atoms with van der Waals surface area (Å²) in [6, 6.07) is 7.59. The first-order chi connectivity index (χ1) is 6.17. The Morgan fingerprint density at radius 2 is 1.85 bits per heavy atom. The lowest BCUT2D eigenvalue weighted by molar-refractivity contribution is -0.00892. The molecule has 0 radical (unpaired) electrons. The second-order valence-corrected chi connectivity index (χ2v) is 2.70. The molecule has 0 aliphatic heterocycles. The van der Waals surface area contributed by atoms with Crippen molar-refractivity contribution in [3.63, 3.8) is 0 Å². The maximum atomic E-state index is 13.2. The van der Waals surface area contributed by atoms with Gasteiger partial charge in [0.15, 0.2) is 0 Å². The van der Waals surface area contributed by atoms with Gasteiger partial charge >= 0.3 is 0 Å². The second kappa shape index (κ2) is 3.99. The number of hydrogen-bond donors (Lipinski definition) is 0. The summed E-state index contributed by atoms with van der Waals surface area (Å²) >= 11 is 0. The van der Waals surface area contributed by atoms with Crippen LogP contribution in [0.4, 0.5) is 8.78 Å². The summed E-state index contributed by atoms with van der Waals surface area (Å²) < 4.78 is 26.4. The minimum atomic E-state index is -2.87. The highest BCUT2D eigenvalue weighted by Gasteiger charge is 2.31. The third kappa shape index (κ3) is 2.51. The van der Waals surface area contributed by atoms with Gasteiger partial charge < -0.3 is 4.85 Å². The van der Waals surface area contributed by atoms with E-state index in [4.69, 9.17) is 6.57 Å². The van der Waals surface area contributed by atoms with Crippen LogP contribution in [0.5, 0.6) is 0 Å². The van der Waals surface area contributed by atoms with Crippen molar-refractivity contribution in [2.24, 2.45) is 0 Å². The standard InChI is InChI=1S/C10H9F2N/c1-13-8-7-10(11,12)9-5-3-2-4-6-9/h2-6H,7-8H2. The van der Waals surface area contributed by atoms with Crippen molar-refractivity contribution in [1.29, 1.82) is 0 Å². The smallest absolute Gasteiger partial charge is 0.280 e. The molecule has 0 heterocycles. The Hall–Kier alpha value is -1.43. The van der Waals surface area contributed by atoms with Gasteiger partial charge in [-0.05, 0) is 0 Å². The molecule has 0 amide bonds. The lowest BCUT2D eigenvalue weighted by Gasteiger charge is -2.13. The van der Waals surface area contributed by atoms with Gasteiger partial charge in [0.05, 0.1) is 6.42 Å². The largest absolute Gasteiger partial charge is 0.317 e. The second-order valence-electron chi connectivity index (χ2n) is 2.70. The molecular formula is C10H9F2N. The molecule has 0 N–H and O–H groups in total. The van der Waals surface area contributed by atoms with Crippen molar-refractivity contribution in [1.82, 2.24) is 0 Å². The SMILES string of the molecule is [C-]#[N+]CCC(F)(F)c1ccccc1. The Morgan fingerprint density at radius 1 is 1.23 bits per heavy atom. The van der Waals surface area contributed by atoms with Crippen LogP contribution in [0.2, 0.25) is 0 Å². The Labute approximate surface area is 75.8 Å². The molecule has 0 unspecified atom stereocenters. The third-order valence-corrected chi connectivity index (χ3v) is 1.73. The van der Waals surface area contributed by atoms with Gasteiger partial charge in [0.2, 0.25) is 6.54 Å². The topological polar surface area (TPSA) is 4.36 Å². The molecule has 13 heavy (non-hydrogen) atoms. The fraction of sp³-hybridized carbons (Fsp3) is 0.300. The minimum absolute atomic E-state index is 0.0151. The molecule has 3 heteroatoms. The summed E-state index contributed by atoms with van der Waals surface area (Å²) in [6.07, 6.45) is -0.402. The van der Waals surface area contributed by atoms with Gasteiger partial charge in [0.25, 0.3) is 5.92 Å². The zero-order valence-corrected chi connectivity index (χ0v) is 7.00. The molecule has 0 aliphatic carbocycles. The Balaban J connectivity index is 2.76. The van der Waals surface area contributed by atoms with Crippen LogP contribution in [0, 0.1) is 6.57 Å². The first-order valence-corrected chi connectivity index (χ1v) is 3.93. The normalized spacial score (nSPS) is 10.8. The molecule has 0 atom stereocenters. The van der Waals surface area contributed by atoms with Crippen LogP contribution in [0.25, 0.3) is 4.85 Å². The van der Waals surface area contributed by atoms with Crippen LogP contribution >= 0.6 is 0 Å². The Kier molecular flexibility index (Phi) is 2.97. The van der Waals surface area contributed by atoms with Crippen LogP contribution in [0.15, 0.2) is 30.3 Å². The van der Waals surface area contributed by atoms with Crippen molar-refractivity contribution < 1.29 is 8.78 Å². The molecule has 1 aromatic carbocycles. The quantitative estimate of drug-likeness (QED) is 0.631. The first kappa shape index (κ1) is 9.66. The molecule has 68 valence electrons. The van der Waals surface area contributed by atoms with Crippen LogP contribution in [-0.2, 0) is 5.92 Å². The fourth-order valence-electron chi connectivity index (χ4n) is 1.02. The van der Waals surface area contributed by atoms with E-state index in [9.17, 15) is 8.78 Å². The lowest BCUT2D eigenvalue weighted by Crippen LogP contribution is -2.13. The number of hydrogen-bond acceptors (Lipinski definition) is 0. The number of nitrogens with zero attached hydrogens (tertiary/aromatic N) is 1. The summed E-state index contributed by atoms with van der Waals surface area (Å²) in [6.45, 7) is 6.30. The van der Waals surface area contributed by atoms with E-state index in [1.807, 2.05) is 0 Å². The Bertz CT molecular complexity index is 300. The van der Waals surface area contributed by atoms with Gasteiger partial charge in [-0.1, -0.05) is 30.3 Å². The zero-order chi connectivity index (χ0) is 9.73. The average molecular weight is 181 g/mol. The predicted octanol–water partition coefficient (Wildman–Crippen LogP) is 3.09. The average Bonchev–Trinajstić information content (AvgIpc) is 2.16. The van der Waals surface area contributed by atoms with Crippen molar-refractivity contribution >= 4 is 0 Å². The van der Waals surface area contributed by atoms with Gasteiger partial charge in [0.1, 0.15) is 0 Å². The van der Waals surface area contributed by atoms with Gasteiger partial charge in [0, 0.05) is 5.56 Å². The van der Waals surface area contributed by atoms with Gasteiger partial charge in [-0.2, -0.15) is 0 Å². The molecule has 1 aromatic rings. The summed E-state index contributed by atoms with van der Waals surface area (Å²) in [4.78, 5) is 2.92. The summed E-state index contributed by atoms with van der Waals surface area (Å²) in [5.74, 6) is -2.87. The number of rotatable bonds is 3. The molecule has 0 fully saturated rings. The van der Waals surface area contributed by atoms with E-state index in [0.717, 1.165) is 0 Å². The van der Waals surface area contributed by atoms with Crippen LogP contribution < -0.4 is 0 Å². The third-order valence-electron chi connectivity index (χ3n) is 1.73. The molecule has 0 aliphatic rings. The van der Waals surface area contributed by atoms with E-state index in [-0.39, 0.29) is 12.1 Å². The summed E-state index contributed by atoms with van der Waals surface area (Å²) in [5, 5.41) is 0. The monoisotopic (exact) mass is 181 g/mol. The maximum absolute atomic E-state index is 13.2. The molecule has 0 spiro atoms.